The Hall–Kier alpha value is -1.39. The average molecular weight is 290 g/mol. The summed E-state index contributed by atoms with van der Waals surface area (Å²) in [6, 6.07) is 7.89. The van der Waals surface area contributed by atoms with Gasteiger partial charge in [0.2, 0.25) is 0 Å². The standard InChI is InChI=1S/C17H26N2O2/c1-14(7-10-20)12-18-17(21)16-6-4-5-15(11-16)13-19-8-2-3-9-19/h4-6,11,14,20H,2-3,7-10,12-13H2,1H3,(H,18,21). The molecule has 2 rings (SSSR count). The molecule has 0 radical (unpaired) electrons. The second kappa shape index (κ2) is 8.15. The smallest absolute Gasteiger partial charge is 0.251 e. The lowest BCUT2D eigenvalue weighted by molar-refractivity contribution is 0.0945. The lowest BCUT2D eigenvalue weighted by atomic mass is 10.1. The monoisotopic (exact) mass is 290 g/mol. The molecule has 0 saturated carbocycles. The molecule has 0 bridgehead atoms. The first-order chi connectivity index (χ1) is 10.2. The third-order valence-corrected chi connectivity index (χ3v) is 4.03. The Labute approximate surface area is 127 Å². The Morgan fingerprint density at radius 3 is 2.86 bits per heavy atom. The number of benzene rings is 1. The van der Waals surface area contributed by atoms with Gasteiger partial charge in [0.1, 0.15) is 0 Å². The Kier molecular flexibility index (Phi) is 6.21. The van der Waals surface area contributed by atoms with Gasteiger partial charge in [-0.3, -0.25) is 9.69 Å². The second-order valence-corrected chi connectivity index (χ2v) is 6.01. The number of aliphatic hydroxyl groups is 1. The molecule has 2 N–H and O–H groups in total. The van der Waals surface area contributed by atoms with Gasteiger partial charge in [-0.1, -0.05) is 19.1 Å². The molecule has 4 heteroatoms. The predicted octanol–water partition coefficient (Wildman–Crippen LogP) is 2.03. The number of nitrogens with one attached hydrogen (secondary N) is 1. The van der Waals surface area contributed by atoms with Gasteiger partial charge in [0, 0.05) is 25.3 Å². The van der Waals surface area contributed by atoms with Crippen LogP contribution >= 0.6 is 0 Å². The van der Waals surface area contributed by atoms with Gasteiger partial charge in [0.15, 0.2) is 0 Å². The number of rotatable bonds is 7. The number of nitrogens with zero attached hydrogens (tertiary/aromatic N) is 1. The first-order valence-electron chi connectivity index (χ1n) is 7.89. The van der Waals surface area contributed by atoms with Crippen LogP contribution in [0.5, 0.6) is 0 Å². The largest absolute Gasteiger partial charge is 0.396 e. The van der Waals surface area contributed by atoms with Crippen molar-refractivity contribution in [2.75, 3.05) is 26.2 Å². The molecule has 1 saturated heterocycles. The summed E-state index contributed by atoms with van der Waals surface area (Å²) in [4.78, 5) is 14.6. The van der Waals surface area contributed by atoms with Crippen LogP contribution in [0.25, 0.3) is 0 Å². The van der Waals surface area contributed by atoms with Crippen LogP contribution in [0.3, 0.4) is 0 Å². The van der Waals surface area contributed by atoms with Gasteiger partial charge in [-0.05, 0) is 56.0 Å². The lowest BCUT2D eigenvalue weighted by Crippen LogP contribution is -2.28. The summed E-state index contributed by atoms with van der Waals surface area (Å²) in [7, 11) is 0. The van der Waals surface area contributed by atoms with Crippen molar-refractivity contribution in [1.82, 2.24) is 10.2 Å². The van der Waals surface area contributed by atoms with Crippen LogP contribution in [0.15, 0.2) is 24.3 Å². The normalized spacial score (nSPS) is 16.9. The topological polar surface area (TPSA) is 52.6 Å². The molecule has 21 heavy (non-hydrogen) atoms. The molecule has 0 spiro atoms. The number of hydrogen-bond donors (Lipinski definition) is 2. The molecule has 1 unspecified atom stereocenters. The molecular weight excluding hydrogens is 264 g/mol. The minimum absolute atomic E-state index is 0.0249. The van der Waals surface area contributed by atoms with Gasteiger partial charge in [-0.2, -0.15) is 0 Å². The van der Waals surface area contributed by atoms with Crippen molar-refractivity contribution in [2.45, 2.75) is 32.7 Å². The molecule has 4 nitrogen and oxygen atoms in total. The van der Waals surface area contributed by atoms with Crippen LogP contribution in [0.1, 0.15) is 42.1 Å². The van der Waals surface area contributed by atoms with E-state index in [2.05, 4.69) is 16.3 Å². The van der Waals surface area contributed by atoms with Gasteiger partial charge < -0.3 is 10.4 Å². The van der Waals surface area contributed by atoms with E-state index in [4.69, 9.17) is 5.11 Å². The second-order valence-electron chi connectivity index (χ2n) is 6.01. The van der Waals surface area contributed by atoms with E-state index >= 15 is 0 Å². The zero-order valence-electron chi connectivity index (χ0n) is 12.8. The zero-order chi connectivity index (χ0) is 15.1. The molecule has 1 fully saturated rings. The van der Waals surface area contributed by atoms with Crippen LogP contribution in [-0.4, -0.2) is 42.2 Å². The molecule has 1 aliphatic heterocycles. The molecule has 1 atom stereocenters. The summed E-state index contributed by atoms with van der Waals surface area (Å²) < 4.78 is 0. The SMILES string of the molecule is CC(CCO)CNC(=O)c1cccc(CN2CCCC2)c1. The van der Waals surface area contributed by atoms with E-state index in [0.29, 0.717) is 12.5 Å². The van der Waals surface area contributed by atoms with E-state index in [1.807, 2.05) is 25.1 Å². The Morgan fingerprint density at radius 1 is 1.38 bits per heavy atom. The lowest BCUT2D eigenvalue weighted by Gasteiger charge is -2.15. The van der Waals surface area contributed by atoms with Crippen molar-refractivity contribution in [2.24, 2.45) is 5.92 Å². The van der Waals surface area contributed by atoms with E-state index in [9.17, 15) is 4.79 Å². The van der Waals surface area contributed by atoms with E-state index in [1.165, 1.54) is 18.4 Å². The molecule has 116 valence electrons. The highest BCUT2D eigenvalue weighted by atomic mass is 16.3. The summed E-state index contributed by atoms with van der Waals surface area (Å²) in [5, 5.41) is 11.8. The predicted molar refractivity (Wildman–Crippen MR) is 84.2 cm³/mol. The number of likely N-dealkylation sites (tertiary alicyclic amines) is 1. The maximum Gasteiger partial charge on any atom is 0.251 e. The highest BCUT2D eigenvalue weighted by Gasteiger charge is 2.13. The third-order valence-electron chi connectivity index (χ3n) is 4.03. The van der Waals surface area contributed by atoms with Crippen molar-refractivity contribution < 1.29 is 9.90 Å². The summed E-state index contributed by atoms with van der Waals surface area (Å²) >= 11 is 0. The van der Waals surface area contributed by atoms with Gasteiger partial charge >= 0.3 is 0 Å². The van der Waals surface area contributed by atoms with E-state index in [0.717, 1.165) is 31.6 Å². The van der Waals surface area contributed by atoms with Crippen LogP contribution in [0, 0.1) is 5.92 Å². The molecule has 0 aromatic heterocycles. The summed E-state index contributed by atoms with van der Waals surface area (Å²) in [5.74, 6) is 0.273. The number of aliphatic hydroxyl groups excluding tert-OH is 1. The van der Waals surface area contributed by atoms with Crippen molar-refractivity contribution in [3.8, 4) is 0 Å². The van der Waals surface area contributed by atoms with Gasteiger partial charge in [0.05, 0.1) is 0 Å². The van der Waals surface area contributed by atoms with Gasteiger partial charge in [-0.15, -0.1) is 0 Å². The van der Waals surface area contributed by atoms with Crippen LogP contribution in [-0.2, 0) is 6.54 Å². The number of hydrogen-bond acceptors (Lipinski definition) is 3. The Morgan fingerprint density at radius 2 is 2.14 bits per heavy atom. The van der Waals surface area contributed by atoms with Crippen molar-refractivity contribution in [3.63, 3.8) is 0 Å². The fraction of sp³-hybridized carbons (Fsp3) is 0.588. The highest BCUT2D eigenvalue weighted by Crippen LogP contribution is 2.14. The van der Waals surface area contributed by atoms with E-state index in [1.54, 1.807) is 0 Å². The van der Waals surface area contributed by atoms with E-state index < -0.39 is 0 Å². The first kappa shape index (κ1) is 16.0. The fourth-order valence-electron chi connectivity index (χ4n) is 2.70. The summed E-state index contributed by atoms with van der Waals surface area (Å²) in [6.45, 7) is 6.06. The van der Waals surface area contributed by atoms with E-state index in [-0.39, 0.29) is 12.5 Å². The number of carbonyl (C=O) groups is 1. The molecule has 0 aliphatic carbocycles. The number of carbonyl (C=O) groups excluding carboxylic acids is 1. The highest BCUT2D eigenvalue weighted by molar-refractivity contribution is 5.94. The summed E-state index contributed by atoms with van der Waals surface area (Å²) in [5.41, 5.74) is 1.93. The van der Waals surface area contributed by atoms with Crippen molar-refractivity contribution in [3.05, 3.63) is 35.4 Å². The van der Waals surface area contributed by atoms with Crippen LogP contribution in [0.4, 0.5) is 0 Å². The zero-order valence-corrected chi connectivity index (χ0v) is 12.8. The maximum atomic E-state index is 12.2. The average Bonchev–Trinajstić information content (AvgIpc) is 2.98. The molecule has 1 heterocycles. The van der Waals surface area contributed by atoms with Crippen molar-refractivity contribution >= 4 is 5.91 Å². The minimum atomic E-state index is -0.0249. The summed E-state index contributed by atoms with van der Waals surface area (Å²) in [6.07, 6.45) is 3.28. The van der Waals surface area contributed by atoms with Crippen LogP contribution in [0.2, 0.25) is 0 Å². The number of amides is 1. The molecule has 1 aromatic rings. The molecule has 1 amide bonds. The Balaban J connectivity index is 1.88. The van der Waals surface area contributed by atoms with Crippen LogP contribution < -0.4 is 5.32 Å². The quantitative estimate of drug-likeness (QED) is 0.808. The third kappa shape index (κ3) is 5.14. The Bertz CT molecular complexity index is 456. The van der Waals surface area contributed by atoms with Gasteiger partial charge in [0.25, 0.3) is 5.91 Å². The van der Waals surface area contributed by atoms with Gasteiger partial charge in [-0.25, -0.2) is 0 Å². The maximum absolute atomic E-state index is 12.2. The molecule has 1 aliphatic rings. The fourth-order valence-corrected chi connectivity index (χ4v) is 2.70. The minimum Gasteiger partial charge on any atom is -0.396 e. The molecule has 1 aromatic carbocycles. The first-order valence-corrected chi connectivity index (χ1v) is 7.89. The van der Waals surface area contributed by atoms with Crippen molar-refractivity contribution in [1.29, 1.82) is 0 Å². The molecular formula is C17H26N2O2.